The van der Waals surface area contributed by atoms with Crippen LogP contribution in [0.2, 0.25) is 0 Å². The van der Waals surface area contributed by atoms with Crippen LogP contribution in [-0.4, -0.2) is 14.7 Å². The van der Waals surface area contributed by atoms with Gasteiger partial charge in [0.25, 0.3) is 0 Å². The Balaban J connectivity index is -0.0000000465. The fourth-order valence-corrected chi connectivity index (χ4v) is 0.250. The van der Waals surface area contributed by atoms with Crippen molar-refractivity contribution in [3.63, 3.8) is 0 Å². The Hall–Kier alpha value is 0.842. The summed E-state index contributed by atoms with van der Waals surface area (Å²) >= 11 is 0. The van der Waals surface area contributed by atoms with Gasteiger partial charge < -0.3 is 21.6 Å². The Morgan fingerprint density at radius 1 is 1.38 bits per heavy atom. The first kappa shape index (κ1) is 23.6. The Kier molecular flexibility index (Phi) is 53.1. The average molecular weight is 307 g/mol. The molecule has 0 fully saturated rings. The molecule has 0 saturated heterocycles. The van der Waals surface area contributed by atoms with Gasteiger partial charge in [0.15, 0.2) is 0 Å². The maximum Gasteiger partial charge on any atom is 2.00 e. The summed E-state index contributed by atoms with van der Waals surface area (Å²) in [5.41, 5.74) is 0. The summed E-state index contributed by atoms with van der Waals surface area (Å²) < 4.78 is 0. The van der Waals surface area contributed by atoms with Gasteiger partial charge >= 0.3 is 35.9 Å². The summed E-state index contributed by atoms with van der Waals surface area (Å²) in [5.74, 6) is 0. The van der Waals surface area contributed by atoms with Gasteiger partial charge in [0, 0.05) is 0 Å². The van der Waals surface area contributed by atoms with Crippen LogP contribution in [0, 0.1) is 13.8 Å². The fraction of sp³-hybridized carbons (Fsp3) is 0.500. The molecule has 0 rings (SSSR count). The molecule has 13 heavy (non-hydrogen) atoms. The van der Waals surface area contributed by atoms with Gasteiger partial charge in [-0.25, -0.2) is 19.6 Å². The average Bonchev–Trinajstić information content (AvgIpc) is 1.89. The van der Waals surface area contributed by atoms with Crippen molar-refractivity contribution < 1.29 is 42.0 Å². The van der Waals surface area contributed by atoms with Gasteiger partial charge in [0.2, 0.25) is 0 Å². The van der Waals surface area contributed by atoms with Gasteiger partial charge in [0.05, 0.1) is 0 Å². The van der Waals surface area contributed by atoms with Gasteiger partial charge in [-0.15, -0.1) is 0 Å². The molecule has 0 heterocycles. The molecule has 0 aromatic heterocycles. The molecule has 0 spiro atoms. The van der Waals surface area contributed by atoms with E-state index in [0.29, 0.717) is 0 Å². The van der Waals surface area contributed by atoms with E-state index in [1.807, 2.05) is 0 Å². The van der Waals surface area contributed by atoms with Crippen LogP contribution < -0.4 is 0 Å². The van der Waals surface area contributed by atoms with Crippen molar-refractivity contribution in [1.82, 2.24) is 0 Å². The van der Waals surface area contributed by atoms with Crippen LogP contribution in [0.4, 0.5) is 0 Å². The van der Waals surface area contributed by atoms with E-state index in [1.54, 1.807) is 0 Å². The van der Waals surface area contributed by atoms with Gasteiger partial charge in [0.1, 0.15) is 0 Å². The van der Waals surface area contributed by atoms with E-state index in [9.17, 15) is 0 Å². The van der Waals surface area contributed by atoms with Crippen LogP contribution in [-0.2, 0) is 27.3 Å². The van der Waals surface area contributed by atoms with Crippen molar-refractivity contribution in [1.29, 1.82) is 0 Å². The standard InChI is InChI=1S/C5H11.C3H5.Cd.H3O3P/c1-3-5-4-2;1-3-2;;1-4(2)3/h1,3-5H2,2H3;3H,1-2H2;;1-3H/q2*-1;+2;. The topological polar surface area (TPSA) is 60.7 Å². The SMILES string of the molecule is C=C[CH2-].OP(O)O.[CH2-]CCCC.[Cd+2]. The summed E-state index contributed by atoms with van der Waals surface area (Å²) in [6.07, 6.45) is 5.15. The zero-order valence-electron chi connectivity index (χ0n) is 8.32. The van der Waals surface area contributed by atoms with Crippen molar-refractivity contribution in [2.45, 2.75) is 26.2 Å². The third-order valence-electron chi connectivity index (χ3n) is 0.604. The van der Waals surface area contributed by atoms with Crippen LogP contribution >= 0.6 is 8.60 Å². The van der Waals surface area contributed by atoms with Gasteiger partial charge in [-0.05, 0) is 0 Å². The van der Waals surface area contributed by atoms with Crippen LogP contribution in [0.3, 0.4) is 0 Å². The first-order valence-corrected chi connectivity index (χ1v) is 4.82. The molecule has 0 aliphatic carbocycles. The Morgan fingerprint density at radius 2 is 1.62 bits per heavy atom. The van der Waals surface area contributed by atoms with Crippen LogP contribution in [0.1, 0.15) is 26.2 Å². The zero-order valence-corrected chi connectivity index (χ0v) is 13.2. The monoisotopic (exact) mass is 308 g/mol. The predicted octanol–water partition coefficient (Wildman–Crippen LogP) is 2.20. The van der Waals surface area contributed by atoms with Gasteiger partial charge in [-0.3, -0.25) is 0 Å². The van der Waals surface area contributed by atoms with Gasteiger partial charge in [-0.1, -0.05) is 19.8 Å². The molecule has 0 aliphatic rings. The minimum Gasteiger partial charge on any atom is -0.343 e. The summed E-state index contributed by atoms with van der Waals surface area (Å²) in [7, 11) is -2.62. The minimum absolute atomic E-state index is 0. The second-order valence-electron chi connectivity index (χ2n) is 1.76. The first-order chi connectivity index (χ1) is 5.56. The predicted molar refractivity (Wildman–Crippen MR) is 54.0 cm³/mol. The van der Waals surface area contributed by atoms with E-state index in [4.69, 9.17) is 14.7 Å². The normalized spacial score (nSPS) is 6.92. The zero-order chi connectivity index (χ0) is 10.4. The molecular formula is C8H19CdO3P. The van der Waals surface area contributed by atoms with E-state index < -0.39 is 8.60 Å². The van der Waals surface area contributed by atoms with Crippen molar-refractivity contribution in [3.8, 4) is 0 Å². The third kappa shape index (κ3) is 187. The van der Waals surface area contributed by atoms with Crippen molar-refractivity contribution in [3.05, 3.63) is 26.5 Å². The molecule has 0 radical (unpaired) electrons. The molecule has 76 valence electrons. The van der Waals surface area contributed by atoms with E-state index >= 15 is 0 Å². The van der Waals surface area contributed by atoms with Crippen molar-refractivity contribution in [2.75, 3.05) is 0 Å². The van der Waals surface area contributed by atoms with E-state index in [0.717, 1.165) is 6.42 Å². The Bertz CT molecular complexity index is 67.7. The number of unbranched alkanes of at least 4 members (excludes halogenated alkanes) is 2. The third-order valence-corrected chi connectivity index (χ3v) is 0.604. The number of hydrogen-bond acceptors (Lipinski definition) is 3. The number of allylic oxidation sites excluding steroid dienone is 1. The molecule has 0 unspecified atom stereocenters. The number of hydrogen-bond donors (Lipinski definition) is 3. The van der Waals surface area contributed by atoms with Crippen LogP contribution in [0.25, 0.3) is 0 Å². The summed E-state index contributed by atoms with van der Waals surface area (Å²) in [6, 6.07) is 0. The fourth-order valence-electron chi connectivity index (χ4n) is 0.250. The van der Waals surface area contributed by atoms with Crippen molar-refractivity contribution >= 4 is 8.60 Å². The molecule has 0 bridgehead atoms. The molecule has 0 atom stereocenters. The summed E-state index contributed by atoms with van der Waals surface area (Å²) in [6.45, 7) is 12.3. The van der Waals surface area contributed by atoms with E-state index in [-0.39, 0.29) is 27.3 Å². The second-order valence-corrected chi connectivity index (χ2v) is 2.30. The molecule has 3 nitrogen and oxygen atoms in total. The van der Waals surface area contributed by atoms with Crippen LogP contribution in [0.5, 0.6) is 0 Å². The smallest absolute Gasteiger partial charge is 0.343 e. The first-order valence-electron chi connectivity index (χ1n) is 3.62. The quantitative estimate of drug-likeness (QED) is 0.416. The minimum atomic E-state index is -2.62. The molecule has 5 heteroatoms. The van der Waals surface area contributed by atoms with Gasteiger partial charge in [-0.2, -0.15) is 6.42 Å². The molecular weight excluding hydrogens is 287 g/mol. The Morgan fingerprint density at radius 3 is 1.62 bits per heavy atom. The maximum atomic E-state index is 7.23. The summed E-state index contributed by atoms with van der Waals surface area (Å²) in [5, 5.41) is 0. The second kappa shape index (κ2) is 29.3. The molecule has 0 aromatic rings. The summed E-state index contributed by atoms with van der Waals surface area (Å²) in [4.78, 5) is 21.7. The molecule has 0 saturated carbocycles. The van der Waals surface area contributed by atoms with Crippen LogP contribution in [0.15, 0.2) is 12.7 Å². The van der Waals surface area contributed by atoms with E-state index in [1.165, 1.54) is 18.9 Å². The maximum absolute atomic E-state index is 7.23. The Labute approximate surface area is 103 Å². The molecule has 0 aliphatic heterocycles. The number of rotatable bonds is 2. The molecule has 0 amide bonds. The van der Waals surface area contributed by atoms with E-state index in [2.05, 4.69) is 27.4 Å². The molecule has 0 aromatic carbocycles. The molecule has 3 N–H and O–H groups in total. The van der Waals surface area contributed by atoms with Crippen molar-refractivity contribution in [2.24, 2.45) is 0 Å². The largest absolute Gasteiger partial charge is 2.00 e.